The second-order valence-corrected chi connectivity index (χ2v) is 3.59. The van der Waals surface area contributed by atoms with Gasteiger partial charge in [0.05, 0.1) is 10.6 Å². The van der Waals surface area contributed by atoms with E-state index in [-0.39, 0.29) is 29.6 Å². The first kappa shape index (κ1) is 15.3. The predicted octanol–water partition coefficient (Wildman–Crippen LogP) is -2.39. The molecular formula is C6H4FN2NaO5S. The van der Waals surface area contributed by atoms with Gasteiger partial charge in [0.2, 0.25) is 0 Å². The summed E-state index contributed by atoms with van der Waals surface area (Å²) in [5.41, 5.74) is -1.28. The zero-order valence-corrected chi connectivity index (χ0v) is 10.8. The number of nitro benzene ring substituents is 1. The standard InChI is InChI=1S/C6H5FN2O5S.Na/c7-5-2-1-4(9(10)11)3-6(5)8-15(12,13)14;/h1-3,8H,(H,12,13,14);/q;+1/p-1. The fraction of sp³-hybridized carbons (Fsp3) is 0. The van der Waals surface area contributed by atoms with Crippen LogP contribution in [-0.2, 0) is 10.3 Å². The van der Waals surface area contributed by atoms with Crippen LogP contribution in [0.3, 0.4) is 0 Å². The molecule has 0 radical (unpaired) electrons. The van der Waals surface area contributed by atoms with Crippen LogP contribution in [0.4, 0.5) is 15.8 Å². The molecule has 1 N–H and O–H groups in total. The molecule has 0 aliphatic carbocycles. The molecule has 16 heavy (non-hydrogen) atoms. The van der Waals surface area contributed by atoms with Crippen LogP contribution in [-0.4, -0.2) is 17.9 Å². The number of non-ortho nitro benzene ring substituents is 1. The maximum absolute atomic E-state index is 12.9. The molecule has 0 bridgehead atoms. The third-order valence-electron chi connectivity index (χ3n) is 1.40. The Morgan fingerprint density at radius 1 is 1.38 bits per heavy atom. The van der Waals surface area contributed by atoms with Crippen molar-refractivity contribution in [2.75, 3.05) is 4.72 Å². The molecule has 0 aromatic heterocycles. The maximum Gasteiger partial charge on any atom is 1.00 e. The Morgan fingerprint density at radius 2 is 1.94 bits per heavy atom. The van der Waals surface area contributed by atoms with Crippen molar-refractivity contribution in [2.45, 2.75) is 0 Å². The largest absolute Gasteiger partial charge is 1.00 e. The fourth-order valence-electron chi connectivity index (χ4n) is 0.840. The Morgan fingerprint density at radius 3 is 2.38 bits per heavy atom. The van der Waals surface area contributed by atoms with E-state index in [4.69, 9.17) is 0 Å². The average molecular weight is 258 g/mol. The number of rotatable bonds is 3. The van der Waals surface area contributed by atoms with Crippen LogP contribution in [0.2, 0.25) is 0 Å². The first-order chi connectivity index (χ1) is 6.79. The summed E-state index contributed by atoms with van der Waals surface area (Å²) in [6.45, 7) is 0. The van der Waals surface area contributed by atoms with Gasteiger partial charge in [0.1, 0.15) is 5.82 Å². The van der Waals surface area contributed by atoms with E-state index in [1.54, 1.807) is 0 Å². The normalized spacial score (nSPS) is 10.4. The second-order valence-electron chi connectivity index (χ2n) is 2.48. The molecule has 7 nitrogen and oxygen atoms in total. The molecule has 0 amide bonds. The summed E-state index contributed by atoms with van der Waals surface area (Å²) in [7, 11) is -4.90. The molecule has 1 aromatic carbocycles. The van der Waals surface area contributed by atoms with E-state index in [2.05, 4.69) is 0 Å². The van der Waals surface area contributed by atoms with Gasteiger partial charge in [-0.25, -0.2) is 12.8 Å². The predicted molar refractivity (Wildman–Crippen MR) is 46.4 cm³/mol. The van der Waals surface area contributed by atoms with E-state index in [0.29, 0.717) is 12.1 Å². The van der Waals surface area contributed by atoms with Gasteiger partial charge in [-0.2, -0.15) is 0 Å². The molecule has 1 rings (SSSR count). The van der Waals surface area contributed by atoms with E-state index in [1.807, 2.05) is 0 Å². The summed E-state index contributed by atoms with van der Waals surface area (Å²) in [4.78, 5) is 9.41. The SMILES string of the molecule is O=[N+]([O-])c1ccc(F)c(NS(=O)(=O)[O-])c1.[Na+]. The minimum Gasteiger partial charge on any atom is -0.731 e. The Balaban J connectivity index is 0.00000225. The molecule has 0 heterocycles. The number of halogens is 1. The molecule has 0 aliphatic rings. The topological polar surface area (TPSA) is 112 Å². The Bertz CT molecular complexity index is 506. The van der Waals surface area contributed by atoms with Crippen molar-refractivity contribution < 1.29 is 51.8 Å². The summed E-state index contributed by atoms with van der Waals surface area (Å²) in [6, 6.07) is 2.15. The first-order valence-corrected chi connectivity index (χ1v) is 4.88. The fourth-order valence-corrected chi connectivity index (χ4v) is 1.27. The molecule has 10 heteroatoms. The van der Waals surface area contributed by atoms with Gasteiger partial charge in [0.15, 0.2) is 10.3 Å². The number of benzene rings is 1. The monoisotopic (exact) mass is 258 g/mol. The Labute approximate surface area is 112 Å². The molecule has 0 fully saturated rings. The molecule has 82 valence electrons. The van der Waals surface area contributed by atoms with E-state index < -0.39 is 32.4 Å². The van der Waals surface area contributed by atoms with Crippen LogP contribution in [0.1, 0.15) is 0 Å². The van der Waals surface area contributed by atoms with Crippen molar-refractivity contribution in [1.29, 1.82) is 0 Å². The van der Waals surface area contributed by atoms with Crippen molar-refractivity contribution in [3.8, 4) is 0 Å². The van der Waals surface area contributed by atoms with Crippen LogP contribution in [0.25, 0.3) is 0 Å². The van der Waals surface area contributed by atoms with Gasteiger partial charge in [0.25, 0.3) is 5.69 Å². The number of hydrogen-bond donors (Lipinski definition) is 1. The van der Waals surface area contributed by atoms with Crippen molar-refractivity contribution in [2.24, 2.45) is 0 Å². The molecule has 0 unspecified atom stereocenters. The molecule has 1 aromatic rings. The van der Waals surface area contributed by atoms with E-state index in [9.17, 15) is 27.5 Å². The van der Waals surface area contributed by atoms with Crippen molar-refractivity contribution in [1.82, 2.24) is 0 Å². The van der Waals surface area contributed by atoms with Gasteiger partial charge in [-0.1, -0.05) is 0 Å². The number of anilines is 1. The van der Waals surface area contributed by atoms with Crippen LogP contribution >= 0.6 is 0 Å². The van der Waals surface area contributed by atoms with Gasteiger partial charge in [-0.05, 0) is 6.07 Å². The van der Waals surface area contributed by atoms with Gasteiger partial charge in [0, 0.05) is 12.1 Å². The zero-order valence-electron chi connectivity index (χ0n) is 8.01. The quantitative estimate of drug-likeness (QED) is 0.281. The summed E-state index contributed by atoms with van der Waals surface area (Å²) in [6.07, 6.45) is 0. The van der Waals surface area contributed by atoms with Crippen LogP contribution in [0.15, 0.2) is 18.2 Å². The Hall–Kier alpha value is -0.740. The van der Waals surface area contributed by atoms with Crippen LogP contribution in [0.5, 0.6) is 0 Å². The minimum absolute atomic E-state index is 0. The van der Waals surface area contributed by atoms with Gasteiger partial charge < -0.3 is 4.55 Å². The van der Waals surface area contributed by atoms with E-state index in [1.165, 1.54) is 4.72 Å². The number of nitrogens with zero attached hydrogens (tertiary/aromatic N) is 1. The number of hydrogen-bond acceptors (Lipinski definition) is 5. The van der Waals surface area contributed by atoms with Crippen LogP contribution in [0, 0.1) is 15.9 Å². The molecule has 0 saturated heterocycles. The van der Waals surface area contributed by atoms with Gasteiger partial charge in [-0.15, -0.1) is 0 Å². The third-order valence-corrected chi connectivity index (χ3v) is 1.87. The average Bonchev–Trinajstić information content (AvgIpc) is 2.06. The minimum atomic E-state index is -4.90. The summed E-state index contributed by atoms with van der Waals surface area (Å²) in [5, 5.41) is 10.3. The molecule has 0 aliphatic heterocycles. The second kappa shape index (κ2) is 5.55. The summed E-state index contributed by atoms with van der Waals surface area (Å²) < 4.78 is 44.8. The Kier molecular flexibility index (Phi) is 5.29. The first-order valence-electron chi connectivity index (χ1n) is 3.47. The molecular weight excluding hydrogens is 254 g/mol. The summed E-state index contributed by atoms with van der Waals surface area (Å²) in [5.74, 6) is -1.07. The van der Waals surface area contributed by atoms with E-state index in [0.717, 1.165) is 6.07 Å². The van der Waals surface area contributed by atoms with Crippen molar-refractivity contribution in [3.63, 3.8) is 0 Å². The smallest absolute Gasteiger partial charge is 0.731 e. The molecule has 0 saturated carbocycles. The molecule has 0 atom stereocenters. The van der Waals surface area contributed by atoms with Crippen LogP contribution < -0.4 is 34.3 Å². The van der Waals surface area contributed by atoms with Gasteiger partial charge >= 0.3 is 29.6 Å². The molecule has 0 spiro atoms. The van der Waals surface area contributed by atoms with Crippen molar-refractivity contribution >= 4 is 21.7 Å². The number of nitro groups is 1. The summed E-state index contributed by atoms with van der Waals surface area (Å²) >= 11 is 0. The zero-order chi connectivity index (χ0) is 11.6. The maximum atomic E-state index is 12.9. The van der Waals surface area contributed by atoms with E-state index >= 15 is 0 Å². The van der Waals surface area contributed by atoms with Crippen molar-refractivity contribution in [3.05, 3.63) is 34.1 Å². The van der Waals surface area contributed by atoms with Gasteiger partial charge in [-0.3, -0.25) is 14.8 Å². The number of nitrogens with one attached hydrogen (secondary N) is 1. The third kappa shape index (κ3) is 4.41.